The summed E-state index contributed by atoms with van der Waals surface area (Å²) in [7, 11) is -3.84. The van der Waals surface area contributed by atoms with E-state index in [1.54, 1.807) is 0 Å². The van der Waals surface area contributed by atoms with Gasteiger partial charge < -0.3 is 10.1 Å². The highest BCUT2D eigenvalue weighted by molar-refractivity contribution is 7.89. The van der Waals surface area contributed by atoms with Crippen molar-refractivity contribution >= 4 is 39.2 Å². The molecule has 1 amide bonds. The van der Waals surface area contributed by atoms with Gasteiger partial charge in [0.15, 0.2) is 6.61 Å². The minimum atomic E-state index is -3.84. The Hall–Kier alpha value is -2.49. The van der Waals surface area contributed by atoms with Gasteiger partial charge in [-0.3, -0.25) is 4.79 Å². The fraction of sp³-hybridized carbons (Fsp3) is 0.0667. The van der Waals surface area contributed by atoms with Gasteiger partial charge in [0.25, 0.3) is 5.91 Å². The molecule has 0 saturated carbocycles. The zero-order valence-corrected chi connectivity index (χ0v) is 14.1. The van der Waals surface area contributed by atoms with Crippen LogP contribution in [0.5, 0.6) is 0 Å². The molecule has 132 valence electrons. The normalized spacial score (nSPS) is 11.0. The lowest BCUT2D eigenvalue weighted by atomic mass is 10.2. The van der Waals surface area contributed by atoms with E-state index in [4.69, 9.17) is 21.5 Å². The van der Waals surface area contributed by atoms with Gasteiger partial charge >= 0.3 is 5.97 Å². The lowest BCUT2D eigenvalue weighted by Gasteiger charge is -2.08. The number of esters is 1. The molecule has 0 aliphatic carbocycles. The summed E-state index contributed by atoms with van der Waals surface area (Å²) in [5.41, 5.74) is -0.125. The zero-order valence-electron chi connectivity index (χ0n) is 12.5. The Balaban J connectivity index is 1.94. The van der Waals surface area contributed by atoms with Crippen molar-refractivity contribution in [2.24, 2.45) is 5.14 Å². The summed E-state index contributed by atoms with van der Waals surface area (Å²) in [5.74, 6) is -2.56. The van der Waals surface area contributed by atoms with Gasteiger partial charge in [-0.05, 0) is 42.5 Å². The van der Waals surface area contributed by atoms with Gasteiger partial charge in [0, 0.05) is 10.7 Å². The molecule has 0 aliphatic rings. The van der Waals surface area contributed by atoms with Gasteiger partial charge in [-0.25, -0.2) is 22.7 Å². The summed E-state index contributed by atoms with van der Waals surface area (Å²) in [5, 5.41) is 7.48. The highest BCUT2D eigenvalue weighted by atomic mass is 35.5. The Bertz CT molecular complexity index is 916. The van der Waals surface area contributed by atoms with Gasteiger partial charge in [-0.15, -0.1) is 0 Å². The molecule has 0 saturated heterocycles. The second kappa shape index (κ2) is 7.60. The van der Waals surface area contributed by atoms with Crippen molar-refractivity contribution in [2.45, 2.75) is 4.90 Å². The maximum atomic E-state index is 13.5. The van der Waals surface area contributed by atoms with Crippen LogP contribution in [-0.4, -0.2) is 26.9 Å². The van der Waals surface area contributed by atoms with Gasteiger partial charge in [0.2, 0.25) is 10.0 Å². The van der Waals surface area contributed by atoms with Crippen LogP contribution in [0.3, 0.4) is 0 Å². The van der Waals surface area contributed by atoms with E-state index in [2.05, 4.69) is 5.32 Å². The fourth-order valence-electron chi connectivity index (χ4n) is 1.79. The number of anilines is 1. The molecule has 0 atom stereocenters. The van der Waals surface area contributed by atoms with Crippen molar-refractivity contribution < 1.29 is 27.1 Å². The topological polar surface area (TPSA) is 116 Å². The predicted molar refractivity (Wildman–Crippen MR) is 88.1 cm³/mol. The Morgan fingerprint density at radius 2 is 1.80 bits per heavy atom. The number of sulfonamides is 1. The van der Waals surface area contributed by atoms with Gasteiger partial charge in [0.05, 0.1) is 10.5 Å². The second-order valence-electron chi connectivity index (χ2n) is 4.82. The first-order valence-corrected chi connectivity index (χ1v) is 8.64. The first-order chi connectivity index (χ1) is 11.7. The molecule has 3 N–H and O–H groups in total. The van der Waals surface area contributed by atoms with Crippen molar-refractivity contribution in [3.05, 3.63) is 58.9 Å². The predicted octanol–water partition coefficient (Wildman–Crippen LogP) is 1.92. The highest BCUT2D eigenvalue weighted by Gasteiger charge is 2.15. The van der Waals surface area contributed by atoms with Gasteiger partial charge in [-0.2, -0.15) is 0 Å². The molecule has 2 aromatic rings. The van der Waals surface area contributed by atoms with Crippen LogP contribution in [0.2, 0.25) is 5.02 Å². The van der Waals surface area contributed by atoms with Crippen LogP contribution in [0.1, 0.15) is 10.4 Å². The number of halogens is 2. The molecule has 0 aliphatic heterocycles. The minimum Gasteiger partial charge on any atom is -0.452 e. The van der Waals surface area contributed by atoms with Crippen LogP contribution in [0.15, 0.2) is 47.4 Å². The zero-order chi connectivity index (χ0) is 18.6. The average Bonchev–Trinajstić information content (AvgIpc) is 2.54. The number of amides is 1. The average molecular weight is 387 g/mol. The van der Waals surface area contributed by atoms with Crippen LogP contribution in [0, 0.1) is 5.82 Å². The number of rotatable bonds is 5. The summed E-state index contributed by atoms with van der Waals surface area (Å²) >= 11 is 5.67. The maximum Gasteiger partial charge on any atom is 0.341 e. The van der Waals surface area contributed by atoms with E-state index in [1.165, 1.54) is 30.3 Å². The summed E-state index contributed by atoms with van der Waals surface area (Å²) in [6.07, 6.45) is 0. The van der Waals surface area contributed by atoms with Crippen LogP contribution >= 0.6 is 11.6 Å². The van der Waals surface area contributed by atoms with Crippen LogP contribution in [0.25, 0.3) is 0 Å². The molecule has 7 nitrogen and oxygen atoms in total. The largest absolute Gasteiger partial charge is 0.452 e. The number of benzene rings is 2. The van der Waals surface area contributed by atoms with E-state index in [1.807, 2.05) is 0 Å². The van der Waals surface area contributed by atoms with Crippen LogP contribution in [0.4, 0.5) is 10.1 Å². The first-order valence-electron chi connectivity index (χ1n) is 6.72. The number of hydrogen-bond acceptors (Lipinski definition) is 5. The highest BCUT2D eigenvalue weighted by Crippen LogP contribution is 2.16. The second-order valence-corrected chi connectivity index (χ2v) is 6.82. The lowest BCUT2D eigenvalue weighted by molar-refractivity contribution is -0.119. The number of hydrogen-bond donors (Lipinski definition) is 2. The summed E-state index contributed by atoms with van der Waals surface area (Å²) in [6.45, 7) is -0.665. The number of carbonyl (C=O) groups is 2. The summed E-state index contributed by atoms with van der Waals surface area (Å²) in [4.78, 5) is 23.4. The molecule has 25 heavy (non-hydrogen) atoms. The number of ether oxygens (including phenoxy) is 1. The van der Waals surface area contributed by atoms with Crippen LogP contribution in [-0.2, 0) is 19.6 Å². The molecule has 10 heteroatoms. The third-order valence-electron chi connectivity index (χ3n) is 2.95. The lowest BCUT2D eigenvalue weighted by Crippen LogP contribution is -2.21. The molecule has 0 heterocycles. The Morgan fingerprint density at radius 3 is 2.40 bits per heavy atom. The van der Waals surface area contributed by atoms with E-state index in [0.29, 0.717) is 0 Å². The fourth-order valence-corrected chi connectivity index (χ4v) is 2.48. The number of nitrogens with two attached hydrogens (primary N) is 1. The summed E-state index contributed by atoms with van der Waals surface area (Å²) < 4.78 is 40.5. The van der Waals surface area contributed by atoms with E-state index in [-0.39, 0.29) is 15.6 Å². The van der Waals surface area contributed by atoms with Crippen molar-refractivity contribution in [3.63, 3.8) is 0 Å². The standard InChI is InChI=1S/C15H12ClFN2O5S/c16-9-1-6-13(17)12(7-9)15(21)24-8-14(20)19-10-2-4-11(5-3-10)25(18,22)23/h1-7H,8H2,(H,19,20)(H2,18,22,23). The van der Waals surface area contributed by atoms with E-state index < -0.39 is 39.9 Å². The monoisotopic (exact) mass is 386 g/mol. The van der Waals surface area contributed by atoms with Crippen molar-refractivity contribution in [1.29, 1.82) is 0 Å². The van der Waals surface area contributed by atoms with E-state index in [9.17, 15) is 22.4 Å². The van der Waals surface area contributed by atoms with Gasteiger partial charge in [0.1, 0.15) is 5.82 Å². The smallest absolute Gasteiger partial charge is 0.341 e. The van der Waals surface area contributed by atoms with E-state index >= 15 is 0 Å². The third-order valence-corrected chi connectivity index (χ3v) is 4.11. The first kappa shape index (κ1) is 18.8. The molecular weight excluding hydrogens is 375 g/mol. The number of carbonyl (C=O) groups excluding carboxylic acids is 2. The Morgan fingerprint density at radius 1 is 1.16 bits per heavy atom. The summed E-state index contributed by atoms with van der Waals surface area (Å²) in [6, 6.07) is 8.41. The SMILES string of the molecule is NS(=O)(=O)c1ccc(NC(=O)COC(=O)c2cc(Cl)ccc2F)cc1. The molecule has 0 bridgehead atoms. The maximum absolute atomic E-state index is 13.5. The quantitative estimate of drug-likeness (QED) is 0.761. The van der Waals surface area contributed by atoms with E-state index in [0.717, 1.165) is 12.1 Å². The van der Waals surface area contributed by atoms with Crippen molar-refractivity contribution in [2.75, 3.05) is 11.9 Å². The minimum absolute atomic E-state index is 0.117. The van der Waals surface area contributed by atoms with Gasteiger partial charge in [-0.1, -0.05) is 11.6 Å². The molecular formula is C15H12ClFN2O5S. The third kappa shape index (κ3) is 5.24. The Kier molecular flexibility index (Phi) is 5.73. The van der Waals surface area contributed by atoms with Crippen LogP contribution < -0.4 is 10.5 Å². The van der Waals surface area contributed by atoms with Crippen molar-refractivity contribution in [3.8, 4) is 0 Å². The molecule has 2 rings (SSSR count). The number of primary sulfonamides is 1. The molecule has 0 aromatic heterocycles. The molecule has 0 radical (unpaired) electrons. The molecule has 0 spiro atoms. The van der Waals surface area contributed by atoms with Crippen molar-refractivity contribution in [1.82, 2.24) is 0 Å². The molecule has 2 aromatic carbocycles. The number of nitrogens with one attached hydrogen (secondary N) is 1. The molecule has 0 unspecified atom stereocenters. The Labute approximate surface area is 147 Å². The molecule has 0 fully saturated rings.